The highest BCUT2D eigenvalue weighted by molar-refractivity contribution is 6.44. The van der Waals surface area contributed by atoms with Gasteiger partial charge in [0.15, 0.2) is 0 Å². The zero-order valence-electron chi connectivity index (χ0n) is 15.8. The van der Waals surface area contributed by atoms with Crippen molar-refractivity contribution in [2.75, 3.05) is 26.2 Å². The number of Topliss-reactive ketones (excluding diaryl/α,β-unsaturated/α-hetero) is 1. The van der Waals surface area contributed by atoms with Gasteiger partial charge in [0, 0.05) is 55.2 Å². The Kier molecular flexibility index (Phi) is 4.84. The molecule has 8 heteroatoms. The van der Waals surface area contributed by atoms with E-state index in [2.05, 4.69) is 9.97 Å². The minimum atomic E-state index is -0.760. The number of hydrogen-bond acceptors (Lipinski definition) is 4. The molecule has 0 spiro atoms. The van der Waals surface area contributed by atoms with E-state index < -0.39 is 17.5 Å². The summed E-state index contributed by atoms with van der Waals surface area (Å²) in [5.74, 6) is -2.17. The van der Waals surface area contributed by atoms with Crippen LogP contribution in [0.4, 0.5) is 4.39 Å². The molecule has 0 radical (unpaired) electrons. The Morgan fingerprint density at radius 3 is 2.45 bits per heavy atom. The van der Waals surface area contributed by atoms with Crippen LogP contribution in [0.3, 0.4) is 0 Å². The Morgan fingerprint density at radius 2 is 1.76 bits per heavy atom. The summed E-state index contributed by atoms with van der Waals surface area (Å²) in [6, 6.07) is 7.92. The lowest BCUT2D eigenvalue weighted by Crippen LogP contribution is -2.52. The zero-order chi connectivity index (χ0) is 20.5. The molecule has 1 aromatic carbocycles. The van der Waals surface area contributed by atoms with Gasteiger partial charge in [-0.1, -0.05) is 6.07 Å². The van der Waals surface area contributed by atoms with Crippen LogP contribution in [0.1, 0.15) is 26.4 Å². The number of rotatable bonds is 3. The van der Waals surface area contributed by atoms with Crippen LogP contribution in [-0.4, -0.2) is 63.5 Å². The molecule has 0 saturated carbocycles. The molecule has 1 saturated heterocycles. The molecule has 148 valence electrons. The first-order chi connectivity index (χ1) is 14.0. The zero-order valence-corrected chi connectivity index (χ0v) is 15.8. The number of aromatic amines is 1. The third kappa shape index (κ3) is 3.49. The van der Waals surface area contributed by atoms with Crippen LogP contribution < -0.4 is 0 Å². The Morgan fingerprint density at radius 1 is 1.03 bits per heavy atom. The van der Waals surface area contributed by atoms with Gasteiger partial charge in [0.1, 0.15) is 5.82 Å². The van der Waals surface area contributed by atoms with Crippen molar-refractivity contribution < 1.29 is 18.8 Å². The molecule has 1 aliphatic heterocycles. The number of ketones is 1. The highest BCUT2D eigenvalue weighted by Crippen LogP contribution is 2.22. The number of piperazine rings is 1. The summed E-state index contributed by atoms with van der Waals surface area (Å²) in [7, 11) is 0. The van der Waals surface area contributed by atoms with E-state index in [0.717, 1.165) is 5.69 Å². The monoisotopic (exact) mass is 394 g/mol. The molecule has 0 atom stereocenters. The Balaban J connectivity index is 1.44. The van der Waals surface area contributed by atoms with Crippen molar-refractivity contribution in [3.8, 4) is 0 Å². The summed E-state index contributed by atoms with van der Waals surface area (Å²) in [4.78, 5) is 47.9. The molecule has 0 bridgehead atoms. The van der Waals surface area contributed by atoms with Gasteiger partial charge in [-0.3, -0.25) is 19.4 Å². The smallest absolute Gasteiger partial charge is 0.295 e. The minimum Gasteiger partial charge on any atom is -0.360 e. The molecule has 4 rings (SSSR count). The normalized spacial score (nSPS) is 14.3. The number of amides is 2. The van der Waals surface area contributed by atoms with Crippen molar-refractivity contribution in [1.29, 1.82) is 0 Å². The van der Waals surface area contributed by atoms with E-state index in [1.54, 1.807) is 23.1 Å². The van der Waals surface area contributed by atoms with E-state index in [9.17, 15) is 18.8 Å². The maximum Gasteiger partial charge on any atom is 0.295 e. The summed E-state index contributed by atoms with van der Waals surface area (Å²) in [5, 5.41) is 0.117. The number of carbonyl (C=O) groups excluding carboxylic acids is 3. The van der Waals surface area contributed by atoms with E-state index in [4.69, 9.17) is 0 Å². The van der Waals surface area contributed by atoms with Gasteiger partial charge < -0.3 is 14.8 Å². The van der Waals surface area contributed by atoms with E-state index >= 15 is 0 Å². The molecule has 1 fully saturated rings. The lowest BCUT2D eigenvalue weighted by molar-refractivity contribution is -0.127. The fraction of sp³-hybridized carbons (Fsp3) is 0.238. The largest absolute Gasteiger partial charge is 0.360 e. The number of fused-ring (bicyclic) bond motifs is 1. The van der Waals surface area contributed by atoms with Gasteiger partial charge in [-0.25, -0.2) is 4.39 Å². The number of H-pyrrole nitrogens is 1. The average Bonchev–Trinajstić information content (AvgIpc) is 3.18. The molecule has 7 nitrogen and oxygen atoms in total. The summed E-state index contributed by atoms with van der Waals surface area (Å²) in [6.07, 6.45) is 2.89. The summed E-state index contributed by atoms with van der Waals surface area (Å²) >= 11 is 0. The third-order valence-corrected chi connectivity index (χ3v) is 5.11. The standard InChI is InChI=1S/C21H19FN4O3/c1-13-5-6-14(11-23-13)20(28)25-7-9-26(10-8-25)21(29)19(27)15-12-24-17-4-2-3-16(22)18(15)17/h2-6,11-12,24H,7-10H2,1H3. The highest BCUT2D eigenvalue weighted by Gasteiger charge is 2.30. The molecule has 0 unspecified atom stereocenters. The molecular formula is C21H19FN4O3. The molecule has 1 N–H and O–H groups in total. The van der Waals surface area contributed by atoms with Crippen LogP contribution in [0, 0.1) is 12.7 Å². The van der Waals surface area contributed by atoms with Crippen molar-refractivity contribution in [1.82, 2.24) is 19.8 Å². The number of aryl methyl sites for hydroxylation is 1. The van der Waals surface area contributed by atoms with Crippen LogP contribution in [-0.2, 0) is 4.79 Å². The van der Waals surface area contributed by atoms with E-state index in [1.807, 2.05) is 6.92 Å². The fourth-order valence-electron chi connectivity index (χ4n) is 3.47. The second-order valence-electron chi connectivity index (χ2n) is 6.97. The highest BCUT2D eigenvalue weighted by atomic mass is 19.1. The minimum absolute atomic E-state index is 0.0207. The number of halogens is 1. The quantitative estimate of drug-likeness (QED) is 0.545. The topological polar surface area (TPSA) is 86.4 Å². The van der Waals surface area contributed by atoms with Crippen molar-refractivity contribution in [3.63, 3.8) is 0 Å². The van der Waals surface area contributed by atoms with Crippen molar-refractivity contribution in [2.45, 2.75) is 6.92 Å². The number of benzene rings is 1. The Hall–Kier alpha value is -3.55. The summed E-state index contributed by atoms with van der Waals surface area (Å²) < 4.78 is 14.1. The van der Waals surface area contributed by atoms with Gasteiger partial charge in [0.2, 0.25) is 0 Å². The number of carbonyl (C=O) groups is 3. The average molecular weight is 394 g/mol. The van der Waals surface area contributed by atoms with Gasteiger partial charge in [0.05, 0.1) is 11.1 Å². The SMILES string of the molecule is Cc1ccc(C(=O)N2CCN(C(=O)C(=O)c3c[nH]c4cccc(F)c34)CC2)cn1. The molecule has 2 amide bonds. The number of pyridine rings is 1. The summed E-state index contributed by atoms with van der Waals surface area (Å²) in [5.41, 5.74) is 1.79. The van der Waals surface area contributed by atoms with Crippen molar-refractivity contribution in [3.05, 3.63) is 65.4 Å². The molecule has 0 aliphatic carbocycles. The number of hydrogen-bond donors (Lipinski definition) is 1. The maximum absolute atomic E-state index is 14.1. The molecule has 1 aliphatic rings. The Labute approximate surface area is 166 Å². The first kappa shape index (κ1) is 18.8. The van der Waals surface area contributed by atoms with Crippen LogP contribution in [0.2, 0.25) is 0 Å². The maximum atomic E-state index is 14.1. The lowest BCUT2D eigenvalue weighted by atomic mass is 10.1. The van der Waals surface area contributed by atoms with Gasteiger partial charge >= 0.3 is 0 Å². The van der Waals surface area contributed by atoms with Crippen molar-refractivity contribution >= 4 is 28.5 Å². The second-order valence-corrected chi connectivity index (χ2v) is 6.97. The molecule has 29 heavy (non-hydrogen) atoms. The number of aromatic nitrogens is 2. The van der Waals surface area contributed by atoms with Gasteiger partial charge in [-0.2, -0.15) is 0 Å². The first-order valence-corrected chi connectivity index (χ1v) is 9.27. The third-order valence-electron chi connectivity index (χ3n) is 5.11. The molecular weight excluding hydrogens is 375 g/mol. The van der Waals surface area contributed by atoms with E-state index in [1.165, 1.54) is 29.4 Å². The van der Waals surface area contributed by atoms with Crippen LogP contribution in [0.25, 0.3) is 10.9 Å². The van der Waals surface area contributed by atoms with Crippen molar-refractivity contribution in [2.24, 2.45) is 0 Å². The number of nitrogens with zero attached hydrogens (tertiary/aromatic N) is 3. The first-order valence-electron chi connectivity index (χ1n) is 9.27. The molecule has 3 heterocycles. The van der Waals surface area contributed by atoms with Crippen LogP contribution >= 0.6 is 0 Å². The fourth-order valence-corrected chi connectivity index (χ4v) is 3.47. The molecule has 3 aromatic rings. The van der Waals surface area contributed by atoms with Gasteiger partial charge in [-0.15, -0.1) is 0 Å². The van der Waals surface area contributed by atoms with Gasteiger partial charge in [-0.05, 0) is 31.2 Å². The van der Waals surface area contributed by atoms with E-state index in [0.29, 0.717) is 24.2 Å². The predicted octanol–water partition coefficient (Wildman–Crippen LogP) is 2.18. The molecule has 2 aromatic heterocycles. The second kappa shape index (κ2) is 7.46. The van der Waals surface area contributed by atoms with Crippen LogP contribution in [0.5, 0.6) is 0 Å². The Bertz CT molecular complexity index is 1100. The van der Waals surface area contributed by atoms with E-state index in [-0.39, 0.29) is 29.9 Å². The predicted molar refractivity (Wildman–Crippen MR) is 104 cm³/mol. The lowest BCUT2D eigenvalue weighted by Gasteiger charge is -2.34. The number of nitrogens with one attached hydrogen (secondary N) is 1. The summed E-state index contributed by atoms with van der Waals surface area (Å²) in [6.45, 7) is 2.94. The van der Waals surface area contributed by atoms with Crippen LogP contribution in [0.15, 0.2) is 42.7 Å². The van der Waals surface area contributed by atoms with Gasteiger partial charge in [0.25, 0.3) is 17.6 Å².